The van der Waals surface area contributed by atoms with Crippen LogP contribution in [0.3, 0.4) is 0 Å². The molecule has 1 aliphatic heterocycles. The third kappa shape index (κ3) is 6.85. The second-order valence-electron chi connectivity index (χ2n) is 8.61. The second kappa shape index (κ2) is 11.7. The summed E-state index contributed by atoms with van der Waals surface area (Å²) in [6, 6.07) is 5.15. The van der Waals surface area contributed by atoms with Crippen molar-refractivity contribution < 1.29 is 41.0 Å². The lowest BCUT2D eigenvalue weighted by atomic mass is 10.0. The van der Waals surface area contributed by atoms with Crippen molar-refractivity contribution in [3.63, 3.8) is 0 Å². The summed E-state index contributed by atoms with van der Waals surface area (Å²) in [5.74, 6) is -1.17. The summed E-state index contributed by atoms with van der Waals surface area (Å²) in [5.41, 5.74) is -1.61. The van der Waals surface area contributed by atoms with Crippen molar-refractivity contribution in [1.82, 2.24) is 4.98 Å². The van der Waals surface area contributed by atoms with Crippen molar-refractivity contribution in [2.24, 2.45) is 0 Å². The zero-order chi connectivity index (χ0) is 26.4. The van der Waals surface area contributed by atoms with Crippen LogP contribution in [0, 0.1) is 5.82 Å². The topological polar surface area (TPSA) is 87.9 Å². The number of ether oxygens (including phenoxy) is 3. The molecule has 1 saturated heterocycles. The quantitative estimate of drug-likeness (QED) is 0.191. The summed E-state index contributed by atoms with van der Waals surface area (Å²) in [6.45, 7) is 0.777. The van der Waals surface area contributed by atoms with Gasteiger partial charge in [0.25, 0.3) is 0 Å². The first kappa shape index (κ1) is 26.6. The van der Waals surface area contributed by atoms with Gasteiger partial charge in [-0.15, -0.1) is 0 Å². The monoisotopic (exact) mass is 523 g/mol. The van der Waals surface area contributed by atoms with Crippen LogP contribution in [0.4, 0.5) is 17.6 Å². The number of hydrogen-bond acceptors (Lipinski definition) is 7. The molecule has 3 heterocycles. The van der Waals surface area contributed by atoms with Crippen LogP contribution in [0.5, 0.6) is 11.5 Å². The molecule has 1 fully saturated rings. The number of aromatic nitrogens is 1. The van der Waals surface area contributed by atoms with Gasteiger partial charge in [-0.05, 0) is 56.7 Å². The van der Waals surface area contributed by atoms with Crippen molar-refractivity contribution in [3.8, 4) is 11.5 Å². The van der Waals surface area contributed by atoms with Crippen LogP contribution >= 0.6 is 0 Å². The lowest BCUT2D eigenvalue weighted by molar-refractivity contribution is -0.141. The highest BCUT2D eigenvalue weighted by molar-refractivity contribution is 5.97. The van der Waals surface area contributed by atoms with Crippen LogP contribution in [0.2, 0.25) is 0 Å². The largest absolute Gasteiger partial charge is 0.493 e. The number of unbranched alkanes of at least 4 members (excludes halogenated alkanes) is 2. The fourth-order valence-electron chi connectivity index (χ4n) is 3.92. The van der Waals surface area contributed by atoms with E-state index in [1.54, 1.807) is 0 Å². The summed E-state index contributed by atoms with van der Waals surface area (Å²) in [7, 11) is 0. The lowest BCUT2D eigenvalue weighted by Crippen LogP contribution is -2.28. The standard InChI is InChI=1S/C26H25F4NO6/c27-16-7-8-18-17(12-16)21(14-24(31-18)26(28,29)30)35-9-3-1-4-10-36-23-15-37-22(13-19(23)32)25(33)20-6-2-5-11-34-20/h7-8,12-15,20H,1-6,9-11H2. The minimum Gasteiger partial charge on any atom is -0.493 e. The fraction of sp³-hybridized carbons (Fsp3) is 0.423. The highest BCUT2D eigenvalue weighted by Crippen LogP contribution is 2.34. The van der Waals surface area contributed by atoms with Crippen molar-refractivity contribution in [3.05, 3.63) is 64.1 Å². The first-order valence-corrected chi connectivity index (χ1v) is 11.9. The molecule has 0 amide bonds. The number of nitrogens with zero attached hydrogens (tertiary/aromatic N) is 1. The van der Waals surface area contributed by atoms with E-state index in [2.05, 4.69) is 4.98 Å². The van der Waals surface area contributed by atoms with Gasteiger partial charge in [-0.25, -0.2) is 9.37 Å². The molecular weight excluding hydrogens is 498 g/mol. The predicted octanol–water partition coefficient (Wildman–Crippen LogP) is 5.73. The number of pyridine rings is 1. The Morgan fingerprint density at radius 2 is 1.78 bits per heavy atom. The molecule has 0 N–H and O–H groups in total. The highest BCUT2D eigenvalue weighted by Gasteiger charge is 2.33. The zero-order valence-electron chi connectivity index (χ0n) is 19.8. The Hall–Kier alpha value is -3.47. The van der Waals surface area contributed by atoms with Crippen LogP contribution < -0.4 is 14.9 Å². The molecule has 11 heteroatoms. The number of carbonyl (C=O) groups is 1. The molecule has 0 radical (unpaired) electrons. The van der Waals surface area contributed by atoms with Crippen LogP contribution in [0.25, 0.3) is 10.9 Å². The maximum atomic E-state index is 13.6. The van der Waals surface area contributed by atoms with Gasteiger partial charge in [0.2, 0.25) is 17.0 Å². The van der Waals surface area contributed by atoms with Crippen LogP contribution in [-0.4, -0.2) is 36.7 Å². The average Bonchev–Trinajstić information content (AvgIpc) is 2.88. The number of benzene rings is 1. The Labute approximate surface area is 209 Å². The van der Waals surface area contributed by atoms with Crippen LogP contribution in [0.1, 0.15) is 54.8 Å². The Morgan fingerprint density at radius 1 is 1.03 bits per heavy atom. The van der Waals surface area contributed by atoms with Gasteiger partial charge in [0, 0.05) is 24.1 Å². The van der Waals surface area contributed by atoms with Crippen molar-refractivity contribution in [1.29, 1.82) is 0 Å². The molecule has 1 aromatic carbocycles. The van der Waals surface area contributed by atoms with Gasteiger partial charge < -0.3 is 18.6 Å². The number of Topliss-reactive ketones (excluding diaryl/α,β-unsaturated/α-hetero) is 1. The number of rotatable bonds is 10. The van der Waals surface area contributed by atoms with Crippen LogP contribution in [-0.2, 0) is 10.9 Å². The SMILES string of the molecule is O=C(c1cc(=O)c(OCCCCCOc2cc(C(F)(F)F)nc3ccc(F)cc23)co1)C1CCCCO1. The second-order valence-corrected chi connectivity index (χ2v) is 8.61. The van der Waals surface area contributed by atoms with Gasteiger partial charge in [-0.2, -0.15) is 13.2 Å². The smallest absolute Gasteiger partial charge is 0.433 e. The first-order chi connectivity index (χ1) is 17.7. The third-order valence-corrected chi connectivity index (χ3v) is 5.84. The first-order valence-electron chi connectivity index (χ1n) is 11.9. The Bertz CT molecular complexity index is 1300. The Kier molecular flexibility index (Phi) is 8.42. The van der Waals surface area contributed by atoms with Crippen molar-refractivity contribution >= 4 is 16.7 Å². The summed E-state index contributed by atoms with van der Waals surface area (Å²) >= 11 is 0. The normalized spacial score (nSPS) is 16.1. The fourth-order valence-corrected chi connectivity index (χ4v) is 3.92. The van der Waals surface area contributed by atoms with E-state index in [1.165, 1.54) is 6.07 Å². The van der Waals surface area contributed by atoms with Crippen molar-refractivity contribution in [2.45, 2.75) is 50.8 Å². The van der Waals surface area contributed by atoms with Gasteiger partial charge in [0.1, 0.15) is 29.6 Å². The molecule has 198 valence electrons. The molecule has 1 aliphatic rings. The summed E-state index contributed by atoms with van der Waals surface area (Å²) < 4.78 is 74.8. The summed E-state index contributed by atoms with van der Waals surface area (Å²) in [4.78, 5) is 28.2. The predicted molar refractivity (Wildman–Crippen MR) is 124 cm³/mol. The summed E-state index contributed by atoms with van der Waals surface area (Å²) in [5, 5.41) is 0.153. The highest BCUT2D eigenvalue weighted by atomic mass is 19.4. The molecule has 0 saturated carbocycles. The molecule has 0 aliphatic carbocycles. The molecule has 37 heavy (non-hydrogen) atoms. The van der Waals surface area contributed by atoms with Gasteiger partial charge in [-0.1, -0.05) is 0 Å². The molecule has 2 aromatic heterocycles. The number of ketones is 1. The van der Waals surface area contributed by atoms with E-state index < -0.39 is 29.2 Å². The van der Waals surface area contributed by atoms with E-state index in [1.807, 2.05) is 0 Å². The van der Waals surface area contributed by atoms with Crippen molar-refractivity contribution in [2.75, 3.05) is 19.8 Å². The number of fused-ring (bicyclic) bond motifs is 1. The minimum absolute atomic E-state index is 0.0163. The van der Waals surface area contributed by atoms with E-state index in [9.17, 15) is 27.2 Å². The number of halogens is 4. The molecule has 1 atom stereocenters. The summed E-state index contributed by atoms with van der Waals surface area (Å²) in [6.07, 6.45) is -0.215. The maximum absolute atomic E-state index is 13.6. The van der Waals surface area contributed by atoms with Gasteiger partial charge in [-0.3, -0.25) is 9.59 Å². The molecule has 0 spiro atoms. The zero-order valence-corrected chi connectivity index (χ0v) is 19.8. The maximum Gasteiger partial charge on any atom is 0.433 e. The van der Waals surface area contributed by atoms with E-state index in [4.69, 9.17) is 18.6 Å². The van der Waals surface area contributed by atoms with Crippen LogP contribution in [0.15, 0.2) is 45.8 Å². The molecule has 7 nitrogen and oxygen atoms in total. The molecule has 3 aromatic rings. The van der Waals surface area contributed by atoms with E-state index in [0.29, 0.717) is 32.3 Å². The number of carbonyl (C=O) groups excluding carboxylic acids is 1. The molecule has 1 unspecified atom stereocenters. The average molecular weight is 523 g/mol. The number of hydrogen-bond donors (Lipinski definition) is 0. The van der Waals surface area contributed by atoms with Gasteiger partial charge in [0.15, 0.2) is 5.76 Å². The lowest BCUT2D eigenvalue weighted by Gasteiger charge is -2.20. The van der Waals surface area contributed by atoms with Gasteiger partial charge >= 0.3 is 6.18 Å². The molecule has 4 rings (SSSR count). The number of alkyl halides is 3. The minimum atomic E-state index is -4.67. The molecular formula is C26H25F4NO6. The third-order valence-electron chi connectivity index (χ3n) is 5.84. The Morgan fingerprint density at radius 3 is 2.46 bits per heavy atom. The molecule has 0 bridgehead atoms. The van der Waals surface area contributed by atoms with E-state index in [-0.39, 0.29) is 47.2 Å². The van der Waals surface area contributed by atoms with E-state index in [0.717, 1.165) is 43.4 Å². The van der Waals surface area contributed by atoms with E-state index >= 15 is 0 Å². The van der Waals surface area contributed by atoms with Gasteiger partial charge in [0.05, 0.1) is 18.7 Å². The Balaban J connectivity index is 1.25.